The van der Waals surface area contributed by atoms with E-state index in [1.807, 2.05) is 0 Å². The Morgan fingerprint density at radius 1 is 0.536 bits per heavy atom. The van der Waals surface area contributed by atoms with Gasteiger partial charge in [-0.15, -0.1) is 0 Å². The Morgan fingerprint density at radius 3 is 1.64 bits per heavy atom. The van der Waals surface area contributed by atoms with Crippen molar-refractivity contribution < 1.29 is 0 Å². The topological polar surface area (TPSA) is 22.6 Å². The average molecular weight is 759 g/mol. The maximum atomic E-state index is 7.76. The number of anilines is 8. The van der Waals surface area contributed by atoms with E-state index in [1.165, 1.54) is 35.2 Å². The van der Waals surface area contributed by atoms with Crippen LogP contribution >= 0.6 is 11.6 Å². The van der Waals surface area contributed by atoms with Gasteiger partial charge in [-0.3, -0.25) is 9.80 Å². The number of halogens is 1. The molecule has 0 N–H and O–H groups in total. The van der Waals surface area contributed by atoms with Gasteiger partial charge in [-0.1, -0.05) is 146 Å². The minimum Gasteiger partial charge on any atom is -0.333 e. The fraction of sp³-hybridized carbons (Fsp3) is 0.314. The molecule has 5 heteroatoms. The molecule has 0 radical (unpaired) electrons. The molecule has 2 aliphatic rings. The predicted octanol–water partition coefficient (Wildman–Crippen LogP) is 15.0. The number of para-hydroxylation sites is 2. The molecule has 2 atom stereocenters. The Hall–Kier alpha value is -5.06. The minimum atomic E-state index is -0.113. The Balaban J connectivity index is 1.28. The first-order chi connectivity index (χ1) is 26.7. The fourth-order valence-electron chi connectivity index (χ4n) is 9.19. The summed E-state index contributed by atoms with van der Waals surface area (Å²) in [7, 11) is 0. The van der Waals surface area contributed by atoms with Crippen LogP contribution in [0.5, 0.6) is 0 Å². The molecule has 0 amide bonds. The van der Waals surface area contributed by atoms with Gasteiger partial charge in [0.2, 0.25) is 0 Å². The first kappa shape index (κ1) is 37.8. The van der Waals surface area contributed by atoms with Crippen molar-refractivity contribution in [2.75, 3.05) is 14.7 Å². The number of rotatable bonds is 7. The van der Waals surface area contributed by atoms with Gasteiger partial charge in [-0.25, -0.2) is 4.98 Å². The summed E-state index contributed by atoms with van der Waals surface area (Å²) in [4.78, 5) is 12.5. The van der Waals surface area contributed by atoms with Gasteiger partial charge in [-0.05, 0) is 114 Å². The molecular formula is C51H55ClN4. The molecule has 2 heterocycles. The highest BCUT2D eigenvalue weighted by Gasteiger charge is 2.57. The second-order valence-electron chi connectivity index (χ2n) is 18.2. The standard InChI is InChI=1S/C51H55ClN4/c1-48(2,3)36-26-30-39(31-27-36)54(40-32-28-37(29-33-40)49(4,5)6)45-24-17-25-46(53-45)55(38-18-10-9-11-19-38)43-22-16-23-44(47(43)52)56-42-21-13-12-20-41(42)50(7)34-14-15-35-51(50,56)8/h9-13,16-33H,14-15,34-35H2,1-8H3. The summed E-state index contributed by atoms with van der Waals surface area (Å²) in [6.45, 7) is 18.4. The van der Waals surface area contributed by atoms with Gasteiger partial charge < -0.3 is 4.90 Å². The monoisotopic (exact) mass is 758 g/mol. The third-order valence-corrected chi connectivity index (χ3v) is 13.0. The Bertz CT molecular complexity index is 2280. The molecule has 1 aromatic heterocycles. The van der Waals surface area contributed by atoms with Crippen molar-refractivity contribution in [1.29, 1.82) is 0 Å². The molecule has 0 bridgehead atoms. The normalized spacial score (nSPS) is 19.3. The van der Waals surface area contributed by atoms with Crippen LogP contribution in [0, 0.1) is 0 Å². The number of hydrogen-bond acceptors (Lipinski definition) is 4. The van der Waals surface area contributed by atoms with Crippen LogP contribution in [-0.4, -0.2) is 10.5 Å². The molecule has 1 aliphatic carbocycles. The van der Waals surface area contributed by atoms with Crippen molar-refractivity contribution in [3.63, 3.8) is 0 Å². The second kappa shape index (κ2) is 14.2. The quantitative estimate of drug-likeness (QED) is 0.162. The van der Waals surface area contributed by atoms with Crippen molar-refractivity contribution in [2.45, 2.75) is 103 Å². The molecule has 286 valence electrons. The van der Waals surface area contributed by atoms with Gasteiger partial charge in [0.05, 0.1) is 21.9 Å². The van der Waals surface area contributed by atoms with Gasteiger partial charge in [0, 0.05) is 28.2 Å². The van der Waals surface area contributed by atoms with Crippen LogP contribution in [0.4, 0.5) is 45.8 Å². The Morgan fingerprint density at radius 2 is 1.04 bits per heavy atom. The molecule has 56 heavy (non-hydrogen) atoms. The molecule has 6 aromatic rings. The summed E-state index contributed by atoms with van der Waals surface area (Å²) < 4.78 is 0. The zero-order valence-corrected chi connectivity index (χ0v) is 35.0. The van der Waals surface area contributed by atoms with E-state index in [2.05, 4.69) is 210 Å². The second-order valence-corrected chi connectivity index (χ2v) is 18.6. The lowest BCUT2D eigenvalue weighted by molar-refractivity contribution is 0.195. The van der Waals surface area contributed by atoms with E-state index in [-0.39, 0.29) is 21.8 Å². The van der Waals surface area contributed by atoms with Crippen molar-refractivity contribution in [3.05, 3.63) is 161 Å². The van der Waals surface area contributed by atoms with E-state index in [1.54, 1.807) is 0 Å². The first-order valence-corrected chi connectivity index (χ1v) is 20.6. The predicted molar refractivity (Wildman–Crippen MR) is 239 cm³/mol. The van der Waals surface area contributed by atoms with Crippen molar-refractivity contribution >= 4 is 57.4 Å². The van der Waals surface area contributed by atoms with Crippen LogP contribution in [0.2, 0.25) is 5.02 Å². The molecule has 8 rings (SSSR count). The first-order valence-electron chi connectivity index (χ1n) is 20.2. The molecule has 0 saturated heterocycles. The average Bonchev–Trinajstić information content (AvgIpc) is 3.39. The lowest BCUT2D eigenvalue weighted by Gasteiger charge is -2.50. The molecule has 1 saturated carbocycles. The lowest BCUT2D eigenvalue weighted by Crippen LogP contribution is -2.54. The van der Waals surface area contributed by atoms with Crippen molar-refractivity contribution in [3.8, 4) is 0 Å². The molecule has 0 spiro atoms. The van der Waals surface area contributed by atoms with Crippen LogP contribution in [-0.2, 0) is 16.2 Å². The zero-order chi connectivity index (χ0) is 39.5. The molecule has 4 nitrogen and oxygen atoms in total. The number of aromatic nitrogens is 1. The van der Waals surface area contributed by atoms with E-state index in [0.29, 0.717) is 5.02 Å². The maximum Gasteiger partial charge on any atom is 0.140 e. The van der Waals surface area contributed by atoms with Gasteiger partial charge in [-0.2, -0.15) is 0 Å². The highest BCUT2D eigenvalue weighted by molar-refractivity contribution is 6.36. The van der Waals surface area contributed by atoms with Crippen molar-refractivity contribution in [2.24, 2.45) is 0 Å². The van der Waals surface area contributed by atoms with Crippen LogP contribution in [0.1, 0.15) is 97.8 Å². The SMILES string of the molecule is CC(C)(C)c1ccc(N(c2ccc(C(C)(C)C)cc2)c2cccc(N(c3ccccc3)c3cccc(N4c5ccccc5C5(C)CCCCC45C)c3Cl)n2)cc1. The van der Waals surface area contributed by atoms with Crippen molar-refractivity contribution in [1.82, 2.24) is 4.98 Å². The van der Waals surface area contributed by atoms with E-state index < -0.39 is 0 Å². The third kappa shape index (κ3) is 6.46. The molecule has 1 aliphatic heterocycles. The number of pyridine rings is 1. The fourth-order valence-corrected chi connectivity index (χ4v) is 9.49. The van der Waals surface area contributed by atoms with E-state index in [0.717, 1.165) is 52.9 Å². The van der Waals surface area contributed by atoms with Gasteiger partial charge in [0.25, 0.3) is 0 Å². The molecule has 5 aromatic carbocycles. The van der Waals surface area contributed by atoms with Crippen LogP contribution in [0.25, 0.3) is 0 Å². The van der Waals surface area contributed by atoms with Crippen LogP contribution < -0.4 is 14.7 Å². The summed E-state index contributed by atoms with van der Waals surface area (Å²) in [6.07, 6.45) is 4.71. The highest BCUT2D eigenvalue weighted by atomic mass is 35.5. The van der Waals surface area contributed by atoms with E-state index in [4.69, 9.17) is 16.6 Å². The number of hydrogen-bond donors (Lipinski definition) is 0. The van der Waals surface area contributed by atoms with Crippen LogP contribution in [0.3, 0.4) is 0 Å². The highest BCUT2D eigenvalue weighted by Crippen LogP contribution is 2.62. The third-order valence-electron chi connectivity index (χ3n) is 12.6. The minimum absolute atomic E-state index is 0.0236. The summed E-state index contributed by atoms with van der Waals surface area (Å²) in [5, 5.41) is 0.710. The van der Waals surface area contributed by atoms with Crippen LogP contribution in [0.15, 0.2) is 140 Å². The Labute approximate surface area is 339 Å². The summed E-state index contributed by atoms with van der Waals surface area (Å²) in [5.74, 6) is 1.60. The number of benzene rings is 5. The lowest BCUT2D eigenvalue weighted by atomic mass is 9.61. The number of nitrogens with zero attached hydrogens (tertiary/aromatic N) is 4. The summed E-state index contributed by atoms with van der Waals surface area (Å²) in [6, 6.07) is 50.1. The maximum absolute atomic E-state index is 7.76. The smallest absolute Gasteiger partial charge is 0.140 e. The largest absolute Gasteiger partial charge is 0.333 e. The van der Waals surface area contributed by atoms with Gasteiger partial charge >= 0.3 is 0 Å². The molecule has 1 fully saturated rings. The van der Waals surface area contributed by atoms with E-state index in [9.17, 15) is 0 Å². The summed E-state index contributed by atoms with van der Waals surface area (Å²) in [5.41, 5.74) is 10.3. The van der Waals surface area contributed by atoms with E-state index >= 15 is 0 Å². The van der Waals surface area contributed by atoms with Gasteiger partial charge in [0.1, 0.15) is 11.6 Å². The number of fused-ring (bicyclic) bond motifs is 3. The molecular weight excluding hydrogens is 704 g/mol. The Kier molecular flexibility index (Phi) is 9.56. The van der Waals surface area contributed by atoms with Gasteiger partial charge in [0.15, 0.2) is 0 Å². The molecule has 2 unspecified atom stereocenters. The summed E-state index contributed by atoms with van der Waals surface area (Å²) >= 11 is 7.76. The zero-order valence-electron chi connectivity index (χ0n) is 34.3.